The number of aromatic nitrogens is 3. The van der Waals surface area contributed by atoms with E-state index >= 15 is 0 Å². The average Bonchev–Trinajstić information content (AvgIpc) is 3.14. The van der Waals surface area contributed by atoms with Crippen molar-refractivity contribution in [3.05, 3.63) is 18.3 Å². The van der Waals surface area contributed by atoms with E-state index in [2.05, 4.69) is 19.7 Å². The quantitative estimate of drug-likeness (QED) is 0.584. The Bertz CT molecular complexity index is 1100. The molecule has 3 aliphatic heterocycles. The maximum Gasteiger partial charge on any atom is 0.387 e. The van der Waals surface area contributed by atoms with E-state index in [1.165, 1.54) is 17.2 Å². The lowest BCUT2D eigenvalue weighted by atomic mass is 10.0. The summed E-state index contributed by atoms with van der Waals surface area (Å²) in [7, 11) is 0. The first-order chi connectivity index (χ1) is 17.0. The molecule has 0 aliphatic carbocycles. The second-order valence-corrected chi connectivity index (χ2v) is 9.38. The van der Waals surface area contributed by atoms with Crippen LogP contribution < -0.4 is 20.3 Å². The summed E-state index contributed by atoms with van der Waals surface area (Å²) >= 11 is 0. The number of hydrogen-bond donors (Lipinski definition) is 1. The van der Waals surface area contributed by atoms with Crippen LogP contribution in [0.1, 0.15) is 19.3 Å². The van der Waals surface area contributed by atoms with Crippen LogP contribution in [-0.4, -0.2) is 83.6 Å². The number of pyridine rings is 1. The maximum atomic E-state index is 13.9. The lowest BCUT2D eigenvalue weighted by molar-refractivity contribution is -0.0650. The summed E-state index contributed by atoms with van der Waals surface area (Å²) in [4.78, 5) is 18.1. The summed E-state index contributed by atoms with van der Waals surface area (Å²) < 4.78 is 84.8. The molecule has 3 aliphatic rings. The van der Waals surface area contributed by atoms with E-state index in [-0.39, 0.29) is 55.1 Å². The smallest absolute Gasteiger partial charge is 0.387 e. The zero-order valence-electron chi connectivity index (χ0n) is 19.2. The second-order valence-electron chi connectivity index (χ2n) is 9.38. The fourth-order valence-corrected chi connectivity index (χ4v) is 4.66. The number of nitrogens with two attached hydrogens (primary N) is 1. The van der Waals surface area contributed by atoms with Crippen molar-refractivity contribution in [1.82, 2.24) is 19.9 Å². The van der Waals surface area contributed by atoms with E-state index in [4.69, 9.17) is 5.73 Å². The second kappa shape index (κ2) is 9.12. The zero-order valence-corrected chi connectivity index (χ0v) is 19.2. The first kappa shape index (κ1) is 24.7. The topological polar surface area (TPSA) is 83.6 Å². The van der Waals surface area contributed by atoms with Crippen LogP contribution in [0.15, 0.2) is 18.3 Å². The Morgan fingerprint density at radius 2 is 1.64 bits per heavy atom. The normalized spacial score (nSPS) is 22.2. The van der Waals surface area contributed by atoms with Crippen LogP contribution in [0.3, 0.4) is 0 Å². The fraction of sp³-hybridized carbons (Fsp3) is 0.591. The fourth-order valence-electron chi connectivity index (χ4n) is 4.66. The van der Waals surface area contributed by atoms with Crippen LogP contribution in [0.4, 0.5) is 43.9 Å². The minimum absolute atomic E-state index is 0.0558. The van der Waals surface area contributed by atoms with Crippen molar-refractivity contribution in [2.75, 3.05) is 54.8 Å². The number of hydrogen-bond acceptors (Lipinski definition) is 8. The highest BCUT2D eigenvalue weighted by Crippen LogP contribution is 2.36. The molecule has 8 nitrogen and oxygen atoms in total. The van der Waals surface area contributed by atoms with E-state index in [9.17, 15) is 26.3 Å². The van der Waals surface area contributed by atoms with Gasteiger partial charge in [0.15, 0.2) is 11.6 Å². The van der Waals surface area contributed by atoms with E-state index < -0.39 is 25.0 Å². The number of halogens is 6. The molecule has 2 aromatic rings. The summed E-state index contributed by atoms with van der Waals surface area (Å²) in [6, 6.07) is 2.94. The first-order valence-electron chi connectivity index (χ1n) is 11.6. The molecular formula is C22H25F6N7O. The van der Waals surface area contributed by atoms with Crippen LogP contribution in [-0.2, 0) is 0 Å². The SMILES string of the molecule is Nc1ncc(-c2cc(N3CC(N4CCC(F)(F)CC4)C3)nc(N3CCC(F)(F)C3)n2)cc1OC(F)F. The van der Waals surface area contributed by atoms with Crippen LogP contribution in [0.2, 0.25) is 0 Å². The van der Waals surface area contributed by atoms with Gasteiger partial charge in [0.1, 0.15) is 5.82 Å². The number of rotatable bonds is 6. The van der Waals surface area contributed by atoms with E-state index in [1.54, 1.807) is 6.07 Å². The van der Waals surface area contributed by atoms with E-state index in [1.807, 2.05) is 9.80 Å². The predicted molar refractivity (Wildman–Crippen MR) is 120 cm³/mol. The van der Waals surface area contributed by atoms with Crippen LogP contribution in [0, 0.1) is 0 Å². The number of nitrogen functional groups attached to an aromatic ring is 1. The van der Waals surface area contributed by atoms with Crippen molar-refractivity contribution < 1.29 is 31.1 Å². The van der Waals surface area contributed by atoms with E-state index in [0.29, 0.717) is 37.6 Å². The summed E-state index contributed by atoms with van der Waals surface area (Å²) in [5, 5.41) is 0. The number of piperidine rings is 1. The van der Waals surface area contributed by atoms with Crippen molar-refractivity contribution in [2.45, 2.75) is 43.8 Å². The highest BCUT2D eigenvalue weighted by molar-refractivity contribution is 5.68. The molecular weight excluding hydrogens is 492 g/mol. The molecule has 2 N–H and O–H groups in total. The number of ether oxygens (including phenoxy) is 1. The Hall–Kier alpha value is -3.03. The van der Waals surface area contributed by atoms with Gasteiger partial charge in [0.05, 0.1) is 12.2 Å². The molecule has 0 radical (unpaired) electrons. The van der Waals surface area contributed by atoms with Crippen molar-refractivity contribution in [3.63, 3.8) is 0 Å². The Morgan fingerprint density at radius 3 is 2.28 bits per heavy atom. The third kappa shape index (κ3) is 5.22. The number of alkyl halides is 6. The molecule has 5 rings (SSSR count). The molecule has 36 heavy (non-hydrogen) atoms. The molecule has 0 spiro atoms. The van der Waals surface area contributed by atoms with E-state index in [0.717, 1.165) is 0 Å². The summed E-state index contributed by atoms with van der Waals surface area (Å²) in [5.41, 5.74) is 6.21. The lowest BCUT2D eigenvalue weighted by Gasteiger charge is -2.48. The molecule has 5 heterocycles. The molecule has 0 bridgehead atoms. The van der Waals surface area contributed by atoms with Gasteiger partial charge in [0.25, 0.3) is 11.8 Å². The van der Waals surface area contributed by atoms with Crippen LogP contribution in [0.5, 0.6) is 5.75 Å². The lowest BCUT2D eigenvalue weighted by Crippen LogP contribution is -2.61. The third-order valence-corrected chi connectivity index (χ3v) is 6.78. The van der Waals surface area contributed by atoms with Crippen molar-refractivity contribution in [2.24, 2.45) is 0 Å². The van der Waals surface area contributed by atoms with Crippen molar-refractivity contribution >= 4 is 17.6 Å². The van der Waals surface area contributed by atoms with Crippen LogP contribution in [0.25, 0.3) is 11.3 Å². The van der Waals surface area contributed by atoms with Gasteiger partial charge in [-0.3, -0.25) is 4.90 Å². The Kier molecular flexibility index (Phi) is 6.25. The van der Waals surface area contributed by atoms with Crippen molar-refractivity contribution in [3.8, 4) is 17.0 Å². The van der Waals surface area contributed by atoms with Gasteiger partial charge < -0.3 is 20.3 Å². The average molecular weight is 517 g/mol. The highest BCUT2D eigenvalue weighted by Gasteiger charge is 2.42. The summed E-state index contributed by atoms with van der Waals surface area (Å²) in [6.07, 6.45) is 0.634. The molecule has 0 unspecified atom stereocenters. The van der Waals surface area contributed by atoms with Gasteiger partial charge in [-0.1, -0.05) is 0 Å². The minimum Gasteiger partial charge on any atom is -0.431 e. The van der Waals surface area contributed by atoms with Gasteiger partial charge in [-0.2, -0.15) is 13.8 Å². The number of nitrogens with zero attached hydrogens (tertiary/aromatic N) is 6. The monoisotopic (exact) mass is 517 g/mol. The molecule has 0 amide bonds. The van der Waals surface area contributed by atoms with Gasteiger partial charge >= 0.3 is 6.61 Å². The molecule has 3 fully saturated rings. The molecule has 0 saturated carbocycles. The number of likely N-dealkylation sites (tertiary alicyclic amines) is 1. The molecule has 0 aromatic carbocycles. The third-order valence-electron chi connectivity index (χ3n) is 6.78. The molecule has 14 heteroatoms. The Balaban J connectivity index is 1.40. The highest BCUT2D eigenvalue weighted by atomic mass is 19.3. The van der Waals surface area contributed by atoms with Gasteiger partial charge in [0.2, 0.25) is 5.95 Å². The van der Waals surface area contributed by atoms with Crippen LogP contribution >= 0.6 is 0 Å². The molecule has 3 saturated heterocycles. The van der Waals surface area contributed by atoms with Gasteiger partial charge in [0, 0.05) is 75.9 Å². The van der Waals surface area contributed by atoms with Crippen molar-refractivity contribution in [1.29, 1.82) is 0 Å². The Labute approximate surface area is 203 Å². The molecule has 2 aromatic heterocycles. The maximum absolute atomic E-state index is 13.9. The predicted octanol–water partition coefficient (Wildman–Crippen LogP) is 3.49. The standard InChI is InChI=1S/C22H25F6N7O/c23-19(24)36-16-7-13(9-30-18(16)29)15-8-17(32-20(31-15)34-6-3-22(27,28)12-34)35-10-14(11-35)33-4-1-21(25,26)2-5-33/h7-9,14,19H,1-6,10-12H2,(H2,29,30). The van der Waals surface area contributed by atoms with Gasteiger partial charge in [-0.05, 0) is 6.07 Å². The van der Waals surface area contributed by atoms with Gasteiger partial charge in [-0.25, -0.2) is 27.5 Å². The van der Waals surface area contributed by atoms with Gasteiger partial charge in [-0.15, -0.1) is 0 Å². The summed E-state index contributed by atoms with van der Waals surface area (Å²) in [5.74, 6) is -5.54. The number of anilines is 3. The largest absolute Gasteiger partial charge is 0.431 e. The Morgan fingerprint density at radius 1 is 0.944 bits per heavy atom. The molecule has 0 atom stereocenters. The molecule has 196 valence electrons. The first-order valence-corrected chi connectivity index (χ1v) is 11.6. The minimum atomic E-state index is -3.11. The summed E-state index contributed by atoms with van der Waals surface area (Å²) in [6.45, 7) is -1.94. The zero-order chi connectivity index (χ0) is 25.7.